The van der Waals surface area contributed by atoms with Crippen LogP contribution in [0.5, 0.6) is 0 Å². The molecule has 1 heterocycles. The molecule has 13 heavy (non-hydrogen) atoms. The van der Waals surface area contributed by atoms with Gasteiger partial charge in [0.15, 0.2) is 0 Å². The molecule has 1 aliphatic rings. The van der Waals surface area contributed by atoms with Gasteiger partial charge < -0.3 is 15.4 Å². The summed E-state index contributed by atoms with van der Waals surface area (Å²) in [6.45, 7) is 8.39. The molecular formula is C10H22N2O. The number of hydrogen-bond acceptors (Lipinski definition) is 3. The van der Waals surface area contributed by atoms with Crippen molar-refractivity contribution in [2.75, 3.05) is 33.3 Å². The Labute approximate surface area is 81.2 Å². The minimum Gasteiger partial charge on any atom is -0.375 e. The molecule has 78 valence electrons. The molecular weight excluding hydrogens is 164 g/mol. The molecule has 0 saturated carbocycles. The predicted molar refractivity (Wildman–Crippen MR) is 54.9 cm³/mol. The Morgan fingerprint density at radius 3 is 2.85 bits per heavy atom. The molecule has 0 aromatic carbocycles. The molecule has 3 heteroatoms. The monoisotopic (exact) mass is 186 g/mol. The maximum Gasteiger partial charge on any atom is 0.0765 e. The van der Waals surface area contributed by atoms with E-state index in [1.807, 2.05) is 7.05 Å². The van der Waals surface area contributed by atoms with Gasteiger partial charge in [-0.05, 0) is 13.5 Å². The molecule has 1 fully saturated rings. The van der Waals surface area contributed by atoms with Gasteiger partial charge in [-0.25, -0.2) is 0 Å². The van der Waals surface area contributed by atoms with Gasteiger partial charge in [-0.2, -0.15) is 0 Å². The van der Waals surface area contributed by atoms with Crippen molar-refractivity contribution >= 4 is 0 Å². The van der Waals surface area contributed by atoms with Crippen LogP contribution >= 0.6 is 0 Å². The first-order valence-corrected chi connectivity index (χ1v) is 5.20. The Morgan fingerprint density at radius 2 is 2.38 bits per heavy atom. The number of morpholine rings is 1. The minimum absolute atomic E-state index is 0.266. The molecule has 1 rings (SSSR count). The van der Waals surface area contributed by atoms with Crippen LogP contribution in [0, 0.1) is 5.41 Å². The molecule has 0 spiro atoms. The third-order valence-corrected chi connectivity index (χ3v) is 3.09. The number of hydrogen-bond donors (Lipinski definition) is 2. The second kappa shape index (κ2) is 4.94. The molecule has 3 nitrogen and oxygen atoms in total. The van der Waals surface area contributed by atoms with Gasteiger partial charge in [-0.15, -0.1) is 0 Å². The van der Waals surface area contributed by atoms with Gasteiger partial charge in [0.25, 0.3) is 0 Å². The Morgan fingerprint density at radius 1 is 1.62 bits per heavy atom. The lowest BCUT2D eigenvalue weighted by molar-refractivity contribution is -0.0513. The van der Waals surface area contributed by atoms with E-state index in [0.717, 1.165) is 32.7 Å². The fourth-order valence-electron chi connectivity index (χ4n) is 1.88. The smallest absolute Gasteiger partial charge is 0.0765 e. The highest BCUT2D eigenvalue weighted by atomic mass is 16.5. The SMILES string of the molecule is CC[C@](C)(CNC)[C@@H]1CNCCO1. The summed E-state index contributed by atoms with van der Waals surface area (Å²) in [7, 11) is 2.00. The van der Waals surface area contributed by atoms with Crippen molar-refractivity contribution < 1.29 is 4.74 Å². The molecule has 1 aliphatic heterocycles. The predicted octanol–water partition coefficient (Wildman–Crippen LogP) is 0.611. The minimum atomic E-state index is 0.266. The quantitative estimate of drug-likeness (QED) is 0.675. The zero-order valence-corrected chi connectivity index (χ0v) is 9.02. The summed E-state index contributed by atoms with van der Waals surface area (Å²) < 4.78 is 5.78. The molecule has 0 aliphatic carbocycles. The summed E-state index contributed by atoms with van der Waals surface area (Å²) in [5.41, 5.74) is 0.266. The average molecular weight is 186 g/mol. The molecule has 0 bridgehead atoms. The molecule has 0 unspecified atom stereocenters. The fraction of sp³-hybridized carbons (Fsp3) is 1.00. The van der Waals surface area contributed by atoms with E-state index in [1.165, 1.54) is 0 Å². The number of rotatable bonds is 4. The van der Waals surface area contributed by atoms with Crippen LogP contribution in [0.25, 0.3) is 0 Å². The van der Waals surface area contributed by atoms with Crippen molar-refractivity contribution in [2.45, 2.75) is 26.4 Å². The summed E-state index contributed by atoms with van der Waals surface area (Å²) in [5.74, 6) is 0. The number of ether oxygens (including phenoxy) is 1. The lowest BCUT2D eigenvalue weighted by atomic mass is 9.81. The van der Waals surface area contributed by atoms with E-state index in [4.69, 9.17) is 4.74 Å². The maximum atomic E-state index is 5.78. The largest absolute Gasteiger partial charge is 0.375 e. The second-order valence-corrected chi connectivity index (χ2v) is 4.10. The van der Waals surface area contributed by atoms with Gasteiger partial charge in [0.2, 0.25) is 0 Å². The summed E-state index contributed by atoms with van der Waals surface area (Å²) >= 11 is 0. The van der Waals surface area contributed by atoms with Crippen molar-refractivity contribution in [2.24, 2.45) is 5.41 Å². The van der Waals surface area contributed by atoms with Crippen LogP contribution in [0.15, 0.2) is 0 Å². The molecule has 0 amide bonds. The Hall–Kier alpha value is -0.120. The van der Waals surface area contributed by atoms with Crippen LogP contribution < -0.4 is 10.6 Å². The molecule has 0 aromatic rings. The summed E-state index contributed by atoms with van der Waals surface area (Å²) in [5, 5.41) is 6.63. The van der Waals surface area contributed by atoms with Crippen LogP contribution in [-0.4, -0.2) is 39.4 Å². The van der Waals surface area contributed by atoms with Gasteiger partial charge in [0.1, 0.15) is 0 Å². The van der Waals surface area contributed by atoms with Crippen molar-refractivity contribution in [1.29, 1.82) is 0 Å². The standard InChI is InChI=1S/C10H22N2O/c1-4-10(2,8-11-3)9-7-12-5-6-13-9/h9,11-12H,4-8H2,1-3H3/t9-,10+/m0/s1. The topological polar surface area (TPSA) is 33.3 Å². The Bertz CT molecular complexity index is 146. The van der Waals surface area contributed by atoms with E-state index < -0.39 is 0 Å². The fourth-order valence-corrected chi connectivity index (χ4v) is 1.88. The third kappa shape index (κ3) is 2.66. The van der Waals surface area contributed by atoms with Gasteiger partial charge in [-0.3, -0.25) is 0 Å². The van der Waals surface area contributed by atoms with Crippen LogP contribution in [0.2, 0.25) is 0 Å². The molecule has 2 N–H and O–H groups in total. The van der Waals surface area contributed by atoms with E-state index >= 15 is 0 Å². The highest BCUT2D eigenvalue weighted by Gasteiger charge is 2.33. The molecule has 1 saturated heterocycles. The highest BCUT2D eigenvalue weighted by molar-refractivity contribution is 4.87. The van der Waals surface area contributed by atoms with Gasteiger partial charge in [0, 0.05) is 25.0 Å². The zero-order valence-electron chi connectivity index (χ0n) is 9.02. The van der Waals surface area contributed by atoms with Crippen molar-refractivity contribution in [1.82, 2.24) is 10.6 Å². The Balaban J connectivity index is 2.51. The molecule has 0 radical (unpaired) electrons. The van der Waals surface area contributed by atoms with Crippen molar-refractivity contribution in [3.63, 3.8) is 0 Å². The van der Waals surface area contributed by atoms with E-state index in [1.54, 1.807) is 0 Å². The van der Waals surface area contributed by atoms with E-state index in [9.17, 15) is 0 Å². The Kier molecular flexibility index (Phi) is 4.16. The normalized spacial score (nSPS) is 28.4. The van der Waals surface area contributed by atoms with Gasteiger partial charge in [0.05, 0.1) is 12.7 Å². The van der Waals surface area contributed by atoms with Gasteiger partial charge in [-0.1, -0.05) is 13.8 Å². The maximum absolute atomic E-state index is 5.78. The van der Waals surface area contributed by atoms with E-state index in [-0.39, 0.29) is 5.41 Å². The summed E-state index contributed by atoms with van der Waals surface area (Å²) in [6.07, 6.45) is 1.51. The van der Waals surface area contributed by atoms with Gasteiger partial charge >= 0.3 is 0 Å². The van der Waals surface area contributed by atoms with Crippen molar-refractivity contribution in [3.05, 3.63) is 0 Å². The first-order chi connectivity index (χ1) is 6.23. The average Bonchev–Trinajstić information content (AvgIpc) is 2.19. The van der Waals surface area contributed by atoms with Crippen LogP contribution in [0.4, 0.5) is 0 Å². The lowest BCUT2D eigenvalue weighted by Crippen LogP contribution is -2.50. The van der Waals surface area contributed by atoms with Crippen molar-refractivity contribution in [3.8, 4) is 0 Å². The summed E-state index contributed by atoms with van der Waals surface area (Å²) in [6, 6.07) is 0. The first-order valence-electron chi connectivity index (χ1n) is 5.20. The molecule has 0 aromatic heterocycles. The van der Waals surface area contributed by atoms with Crippen LogP contribution in [-0.2, 0) is 4.74 Å². The van der Waals surface area contributed by atoms with Crippen LogP contribution in [0.3, 0.4) is 0 Å². The van der Waals surface area contributed by atoms with E-state index in [2.05, 4.69) is 24.5 Å². The summed E-state index contributed by atoms with van der Waals surface area (Å²) in [4.78, 5) is 0. The zero-order chi connectivity index (χ0) is 9.73. The lowest BCUT2D eigenvalue weighted by Gasteiger charge is -2.39. The van der Waals surface area contributed by atoms with Crippen LogP contribution in [0.1, 0.15) is 20.3 Å². The first kappa shape index (κ1) is 11.0. The third-order valence-electron chi connectivity index (χ3n) is 3.09. The number of nitrogens with one attached hydrogen (secondary N) is 2. The highest BCUT2D eigenvalue weighted by Crippen LogP contribution is 2.27. The van der Waals surface area contributed by atoms with E-state index in [0.29, 0.717) is 6.10 Å². The molecule has 2 atom stereocenters. The second-order valence-electron chi connectivity index (χ2n) is 4.10.